The van der Waals surface area contributed by atoms with Crippen LogP contribution in [0.15, 0.2) is 23.1 Å². The normalized spacial score (nSPS) is 19.0. The van der Waals surface area contributed by atoms with Crippen molar-refractivity contribution < 1.29 is 9.53 Å². The SMILES string of the molecule is CC(C)(C)OC(=O)N1CCC(n2c(=O)ccc3cnc(CC4CCCCC4)nc32)CC1. The molecular formula is C24H34N4O3. The molecule has 0 atom stereocenters. The minimum atomic E-state index is -0.508. The van der Waals surface area contributed by atoms with Crippen LogP contribution in [-0.2, 0) is 11.2 Å². The second kappa shape index (κ2) is 8.97. The fourth-order valence-electron chi connectivity index (χ4n) is 4.81. The van der Waals surface area contributed by atoms with E-state index in [0.717, 1.165) is 23.3 Å². The summed E-state index contributed by atoms with van der Waals surface area (Å²) in [6.45, 7) is 6.76. The average Bonchev–Trinajstić information content (AvgIpc) is 2.73. The number of hydrogen-bond donors (Lipinski definition) is 0. The lowest BCUT2D eigenvalue weighted by molar-refractivity contribution is 0.0188. The molecule has 7 nitrogen and oxygen atoms in total. The maximum atomic E-state index is 12.8. The van der Waals surface area contributed by atoms with Gasteiger partial charge in [0.15, 0.2) is 0 Å². The fraction of sp³-hybridized carbons (Fsp3) is 0.667. The number of aromatic nitrogens is 3. The lowest BCUT2D eigenvalue weighted by Crippen LogP contribution is -2.43. The minimum Gasteiger partial charge on any atom is -0.444 e. The van der Waals surface area contributed by atoms with E-state index in [9.17, 15) is 9.59 Å². The van der Waals surface area contributed by atoms with E-state index in [1.807, 2.05) is 37.6 Å². The molecule has 2 aromatic heterocycles. The molecule has 1 aliphatic carbocycles. The van der Waals surface area contributed by atoms with Crippen LogP contribution in [0.4, 0.5) is 4.79 Å². The van der Waals surface area contributed by atoms with E-state index in [1.165, 1.54) is 32.1 Å². The molecule has 1 saturated carbocycles. The van der Waals surface area contributed by atoms with Crippen molar-refractivity contribution in [3.8, 4) is 0 Å². The third-order valence-electron chi connectivity index (χ3n) is 6.39. The number of pyridine rings is 1. The van der Waals surface area contributed by atoms with Gasteiger partial charge < -0.3 is 9.64 Å². The zero-order valence-electron chi connectivity index (χ0n) is 19.0. The Morgan fingerprint density at radius 2 is 1.81 bits per heavy atom. The standard InChI is InChI=1S/C24H34N4O3/c1-24(2,3)31-23(30)27-13-11-19(12-14-27)28-21(29)10-9-18-16-25-20(26-22(18)28)15-17-7-5-4-6-8-17/h9-10,16-17,19H,4-8,11-15H2,1-3H3. The number of carbonyl (C=O) groups is 1. The van der Waals surface area contributed by atoms with E-state index in [1.54, 1.807) is 11.0 Å². The maximum absolute atomic E-state index is 12.8. The zero-order chi connectivity index (χ0) is 22.0. The first-order chi connectivity index (χ1) is 14.8. The van der Waals surface area contributed by atoms with Crippen molar-refractivity contribution >= 4 is 17.1 Å². The van der Waals surface area contributed by atoms with Crippen LogP contribution in [-0.4, -0.2) is 44.2 Å². The minimum absolute atomic E-state index is 0.0207. The molecule has 168 valence electrons. The Bertz CT molecular complexity index is 980. The van der Waals surface area contributed by atoms with E-state index in [2.05, 4.69) is 4.98 Å². The van der Waals surface area contributed by atoms with Crippen molar-refractivity contribution in [2.24, 2.45) is 5.92 Å². The first-order valence-corrected chi connectivity index (χ1v) is 11.7. The largest absolute Gasteiger partial charge is 0.444 e. The van der Waals surface area contributed by atoms with Crippen molar-refractivity contribution in [3.05, 3.63) is 34.5 Å². The van der Waals surface area contributed by atoms with Gasteiger partial charge in [0.05, 0.1) is 0 Å². The smallest absolute Gasteiger partial charge is 0.410 e. The highest BCUT2D eigenvalue weighted by Gasteiger charge is 2.29. The van der Waals surface area contributed by atoms with E-state index >= 15 is 0 Å². The Morgan fingerprint density at radius 3 is 2.48 bits per heavy atom. The molecule has 0 unspecified atom stereocenters. The van der Waals surface area contributed by atoms with Gasteiger partial charge in [-0.25, -0.2) is 14.8 Å². The Labute approximate surface area is 183 Å². The predicted octanol–water partition coefficient (Wildman–Crippen LogP) is 4.49. The molecule has 0 aromatic carbocycles. The molecule has 31 heavy (non-hydrogen) atoms. The Balaban J connectivity index is 1.53. The van der Waals surface area contributed by atoms with Crippen LogP contribution >= 0.6 is 0 Å². The summed E-state index contributed by atoms with van der Waals surface area (Å²) in [7, 11) is 0. The summed E-state index contributed by atoms with van der Waals surface area (Å²) < 4.78 is 7.33. The van der Waals surface area contributed by atoms with Crippen molar-refractivity contribution in [2.45, 2.75) is 83.8 Å². The topological polar surface area (TPSA) is 77.3 Å². The summed E-state index contributed by atoms with van der Waals surface area (Å²) in [4.78, 5) is 36.4. The van der Waals surface area contributed by atoms with Crippen LogP contribution in [0.3, 0.4) is 0 Å². The molecule has 4 rings (SSSR count). The van der Waals surface area contributed by atoms with E-state index in [0.29, 0.717) is 31.8 Å². The molecule has 0 spiro atoms. The summed E-state index contributed by atoms with van der Waals surface area (Å²) in [6.07, 6.45) is 10.3. The molecule has 7 heteroatoms. The number of carbonyl (C=O) groups excluding carboxylic acids is 1. The quantitative estimate of drug-likeness (QED) is 0.723. The number of nitrogens with zero attached hydrogens (tertiary/aromatic N) is 4. The number of ether oxygens (including phenoxy) is 1. The summed E-state index contributed by atoms with van der Waals surface area (Å²) >= 11 is 0. The lowest BCUT2D eigenvalue weighted by atomic mass is 9.87. The van der Waals surface area contributed by atoms with E-state index in [-0.39, 0.29) is 17.7 Å². The summed E-state index contributed by atoms with van der Waals surface area (Å²) in [6, 6.07) is 3.44. The van der Waals surface area contributed by atoms with Gasteiger partial charge in [0, 0.05) is 43.2 Å². The molecule has 0 N–H and O–H groups in total. The van der Waals surface area contributed by atoms with Crippen molar-refractivity contribution in [1.82, 2.24) is 19.4 Å². The number of rotatable bonds is 3. The Kier molecular flexibility index (Phi) is 6.30. The number of fused-ring (bicyclic) bond motifs is 1. The van der Waals surface area contributed by atoms with Gasteiger partial charge in [-0.15, -0.1) is 0 Å². The molecule has 0 radical (unpaired) electrons. The van der Waals surface area contributed by atoms with E-state index < -0.39 is 5.60 Å². The monoisotopic (exact) mass is 426 g/mol. The van der Waals surface area contributed by atoms with Gasteiger partial charge in [0.1, 0.15) is 17.1 Å². The van der Waals surface area contributed by atoms with Gasteiger partial charge in [-0.1, -0.05) is 32.1 Å². The van der Waals surface area contributed by atoms with Crippen molar-refractivity contribution in [1.29, 1.82) is 0 Å². The van der Waals surface area contributed by atoms with Gasteiger partial charge in [0.2, 0.25) is 0 Å². The van der Waals surface area contributed by atoms with Crippen LogP contribution in [0.1, 0.15) is 77.6 Å². The van der Waals surface area contributed by atoms with Gasteiger partial charge in [-0.05, 0) is 45.6 Å². The van der Waals surface area contributed by atoms with Crippen molar-refractivity contribution in [2.75, 3.05) is 13.1 Å². The number of hydrogen-bond acceptors (Lipinski definition) is 5. The molecule has 1 saturated heterocycles. The van der Waals surface area contributed by atoms with E-state index in [4.69, 9.17) is 9.72 Å². The molecule has 1 aliphatic heterocycles. The number of amides is 1. The second-order valence-corrected chi connectivity index (χ2v) is 10.0. The average molecular weight is 427 g/mol. The predicted molar refractivity (Wildman–Crippen MR) is 120 cm³/mol. The summed E-state index contributed by atoms with van der Waals surface area (Å²) in [5.41, 5.74) is 0.182. The first-order valence-electron chi connectivity index (χ1n) is 11.7. The molecule has 0 bridgehead atoms. The molecular weight excluding hydrogens is 392 g/mol. The zero-order valence-corrected chi connectivity index (χ0v) is 19.0. The highest BCUT2D eigenvalue weighted by molar-refractivity contribution is 5.74. The van der Waals surface area contributed by atoms with Gasteiger partial charge in [0.25, 0.3) is 5.56 Å². The third kappa shape index (κ3) is 5.25. The number of piperidine rings is 1. The second-order valence-electron chi connectivity index (χ2n) is 10.0. The molecule has 1 amide bonds. The van der Waals surface area contributed by atoms with Crippen LogP contribution in [0.5, 0.6) is 0 Å². The van der Waals surface area contributed by atoms with Crippen molar-refractivity contribution in [3.63, 3.8) is 0 Å². The maximum Gasteiger partial charge on any atom is 0.410 e. The first kappa shape index (κ1) is 21.8. The summed E-state index contributed by atoms with van der Waals surface area (Å²) in [5.74, 6) is 1.48. The Hall–Kier alpha value is -2.44. The highest BCUT2D eigenvalue weighted by Crippen LogP contribution is 2.28. The highest BCUT2D eigenvalue weighted by atomic mass is 16.6. The Morgan fingerprint density at radius 1 is 1.10 bits per heavy atom. The van der Waals surface area contributed by atoms with Gasteiger partial charge in [-0.2, -0.15) is 0 Å². The van der Waals surface area contributed by atoms with Gasteiger partial charge in [-0.3, -0.25) is 9.36 Å². The molecule has 2 fully saturated rings. The van der Waals surface area contributed by atoms with Crippen LogP contribution < -0.4 is 5.56 Å². The van der Waals surface area contributed by atoms with Crippen LogP contribution in [0.25, 0.3) is 11.0 Å². The van der Waals surface area contributed by atoms with Gasteiger partial charge >= 0.3 is 6.09 Å². The fourth-order valence-corrected chi connectivity index (χ4v) is 4.81. The molecule has 2 aliphatic rings. The third-order valence-corrected chi connectivity index (χ3v) is 6.39. The van der Waals surface area contributed by atoms with Crippen LogP contribution in [0, 0.1) is 5.92 Å². The lowest BCUT2D eigenvalue weighted by Gasteiger charge is -2.34. The molecule has 3 heterocycles. The number of likely N-dealkylation sites (tertiary alicyclic amines) is 1. The molecule has 2 aromatic rings. The van der Waals surface area contributed by atoms with Crippen LogP contribution in [0.2, 0.25) is 0 Å². The summed E-state index contributed by atoms with van der Waals surface area (Å²) in [5, 5.41) is 0.890.